The number of rotatable bonds is 4. The van der Waals surface area contributed by atoms with Gasteiger partial charge in [0, 0.05) is 24.2 Å². The lowest BCUT2D eigenvalue weighted by molar-refractivity contribution is -0.115. The number of benzene rings is 1. The van der Waals surface area contributed by atoms with E-state index in [2.05, 4.69) is 17.5 Å². The molecule has 1 aliphatic heterocycles. The van der Waals surface area contributed by atoms with Gasteiger partial charge in [-0.15, -0.1) is 11.3 Å². The van der Waals surface area contributed by atoms with Crippen LogP contribution in [0.15, 0.2) is 29.6 Å². The Morgan fingerprint density at radius 1 is 1.47 bits per heavy atom. The standard InChI is InChI=1S/C11H10O2S.C3H7NO/c1-2-10(13-7-8-6-12-8)9-4-5-14-11(9)3-1;1-4(2)3-5/h1-5,8H,6-7H2;3H,1-2H3. The quantitative estimate of drug-likeness (QED) is 0.637. The van der Waals surface area contributed by atoms with Crippen LogP contribution in [0.1, 0.15) is 0 Å². The van der Waals surface area contributed by atoms with E-state index in [-0.39, 0.29) is 0 Å². The van der Waals surface area contributed by atoms with Gasteiger partial charge in [0.15, 0.2) is 0 Å². The zero-order chi connectivity index (χ0) is 13.7. The summed E-state index contributed by atoms with van der Waals surface area (Å²) in [4.78, 5) is 10.9. The molecule has 1 aromatic heterocycles. The first kappa shape index (κ1) is 13.8. The molecule has 0 bridgehead atoms. The van der Waals surface area contributed by atoms with Gasteiger partial charge in [0.05, 0.1) is 6.61 Å². The lowest BCUT2D eigenvalue weighted by atomic mass is 10.2. The summed E-state index contributed by atoms with van der Waals surface area (Å²) >= 11 is 1.74. The van der Waals surface area contributed by atoms with Gasteiger partial charge in [0.2, 0.25) is 6.41 Å². The molecular formula is C14H17NO3S. The van der Waals surface area contributed by atoms with Crippen molar-refractivity contribution in [3.05, 3.63) is 29.6 Å². The summed E-state index contributed by atoms with van der Waals surface area (Å²) < 4.78 is 12.1. The molecular weight excluding hydrogens is 262 g/mol. The van der Waals surface area contributed by atoms with Crippen LogP contribution in [-0.4, -0.2) is 44.7 Å². The topological polar surface area (TPSA) is 42.1 Å². The fourth-order valence-electron chi connectivity index (χ4n) is 1.44. The van der Waals surface area contributed by atoms with E-state index in [1.54, 1.807) is 25.4 Å². The fourth-order valence-corrected chi connectivity index (χ4v) is 2.24. The van der Waals surface area contributed by atoms with Crippen molar-refractivity contribution in [2.45, 2.75) is 6.10 Å². The van der Waals surface area contributed by atoms with Crippen LogP contribution in [0, 0.1) is 0 Å². The van der Waals surface area contributed by atoms with Crippen molar-refractivity contribution >= 4 is 27.8 Å². The van der Waals surface area contributed by atoms with E-state index in [1.165, 1.54) is 15.0 Å². The SMILES string of the molecule is CN(C)C=O.c1cc(OCC2CO2)c2ccsc2c1. The van der Waals surface area contributed by atoms with E-state index in [9.17, 15) is 4.79 Å². The molecule has 1 fully saturated rings. The Kier molecular flexibility index (Phi) is 4.76. The van der Waals surface area contributed by atoms with Gasteiger partial charge in [0.25, 0.3) is 0 Å². The molecule has 4 nitrogen and oxygen atoms in total. The molecule has 1 saturated heterocycles. The highest BCUT2D eigenvalue weighted by Crippen LogP contribution is 2.30. The number of epoxide rings is 1. The number of nitrogens with zero attached hydrogens (tertiary/aromatic N) is 1. The molecule has 0 spiro atoms. The number of hydrogen-bond donors (Lipinski definition) is 0. The Labute approximate surface area is 116 Å². The summed E-state index contributed by atoms with van der Waals surface area (Å²) in [6, 6.07) is 8.25. The van der Waals surface area contributed by atoms with Crippen molar-refractivity contribution in [3.8, 4) is 5.75 Å². The molecule has 0 aliphatic carbocycles. The molecule has 0 saturated carbocycles. The molecule has 2 heterocycles. The smallest absolute Gasteiger partial charge is 0.209 e. The molecule has 1 atom stereocenters. The normalized spacial score (nSPS) is 16.4. The van der Waals surface area contributed by atoms with Gasteiger partial charge >= 0.3 is 0 Å². The molecule has 102 valence electrons. The number of hydrogen-bond acceptors (Lipinski definition) is 4. The van der Waals surface area contributed by atoms with Gasteiger partial charge in [-0.25, -0.2) is 0 Å². The van der Waals surface area contributed by atoms with Gasteiger partial charge in [-0.2, -0.15) is 0 Å². The van der Waals surface area contributed by atoms with Crippen molar-refractivity contribution in [2.75, 3.05) is 27.3 Å². The van der Waals surface area contributed by atoms with E-state index in [0.29, 0.717) is 12.7 Å². The van der Waals surface area contributed by atoms with Crippen LogP contribution in [0.2, 0.25) is 0 Å². The molecule has 2 aromatic rings. The molecule has 1 unspecified atom stereocenters. The van der Waals surface area contributed by atoms with Gasteiger partial charge in [-0.05, 0) is 23.6 Å². The zero-order valence-electron chi connectivity index (χ0n) is 11.0. The summed E-state index contributed by atoms with van der Waals surface area (Å²) in [5, 5.41) is 3.30. The van der Waals surface area contributed by atoms with Crippen LogP contribution in [-0.2, 0) is 9.53 Å². The van der Waals surface area contributed by atoms with Gasteiger partial charge in [-0.3, -0.25) is 4.79 Å². The highest BCUT2D eigenvalue weighted by molar-refractivity contribution is 7.17. The van der Waals surface area contributed by atoms with Crippen molar-refractivity contribution < 1.29 is 14.3 Å². The third kappa shape index (κ3) is 4.22. The fraction of sp³-hybridized carbons (Fsp3) is 0.357. The predicted octanol–water partition coefficient (Wildman–Crippen LogP) is 2.38. The van der Waals surface area contributed by atoms with E-state index in [1.807, 2.05) is 12.1 Å². The highest BCUT2D eigenvalue weighted by atomic mass is 32.1. The number of thiophene rings is 1. The monoisotopic (exact) mass is 279 g/mol. The van der Waals surface area contributed by atoms with Crippen LogP contribution in [0.4, 0.5) is 0 Å². The Bertz CT molecular complexity index is 534. The van der Waals surface area contributed by atoms with E-state index in [4.69, 9.17) is 9.47 Å². The Balaban J connectivity index is 0.000000232. The predicted molar refractivity (Wildman–Crippen MR) is 76.8 cm³/mol. The lowest BCUT2D eigenvalue weighted by Gasteiger charge is -2.04. The van der Waals surface area contributed by atoms with Crippen LogP contribution in [0.5, 0.6) is 5.75 Å². The first-order valence-electron chi connectivity index (χ1n) is 6.03. The van der Waals surface area contributed by atoms with E-state index >= 15 is 0 Å². The molecule has 1 aliphatic rings. The lowest BCUT2D eigenvalue weighted by Crippen LogP contribution is -2.06. The van der Waals surface area contributed by atoms with Crippen LogP contribution in [0.25, 0.3) is 10.1 Å². The maximum absolute atomic E-state index is 9.43. The van der Waals surface area contributed by atoms with Gasteiger partial charge in [-0.1, -0.05) is 6.07 Å². The Morgan fingerprint density at radius 3 is 2.84 bits per heavy atom. The minimum Gasteiger partial charge on any atom is -0.490 e. The minimum atomic E-state index is 0.323. The Morgan fingerprint density at radius 2 is 2.21 bits per heavy atom. The molecule has 0 radical (unpaired) electrons. The zero-order valence-corrected chi connectivity index (χ0v) is 11.9. The molecule has 19 heavy (non-hydrogen) atoms. The number of fused-ring (bicyclic) bond motifs is 1. The average Bonchev–Trinajstić information content (AvgIpc) is 3.12. The molecule has 1 amide bonds. The summed E-state index contributed by atoms with van der Waals surface area (Å²) in [5.41, 5.74) is 0. The largest absolute Gasteiger partial charge is 0.490 e. The summed E-state index contributed by atoms with van der Waals surface area (Å²) in [6.45, 7) is 1.52. The molecule has 1 aromatic carbocycles. The Hall–Kier alpha value is -1.59. The number of carbonyl (C=O) groups excluding carboxylic acids is 1. The van der Waals surface area contributed by atoms with Gasteiger partial charge < -0.3 is 14.4 Å². The second-order valence-corrected chi connectivity index (χ2v) is 5.37. The maximum atomic E-state index is 9.43. The van der Waals surface area contributed by atoms with E-state index in [0.717, 1.165) is 18.8 Å². The second kappa shape index (κ2) is 6.54. The first-order chi connectivity index (χ1) is 9.20. The number of amides is 1. The van der Waals surface area contributed by atoms with Crippen LogP contribution < -0.4 is 4.74 Å². The second-order valence-electron chi connectivity index (χ2n) is 4.42. The van der Waals surface area contributed by atoms with Crippen molar-refractivity contribution in [1.82, 2.24) is 4.90 Å². The average molecular weight is 279 g/mol. The number of ether oxygens (including phenoxy) is 2. The summed E-state index contributed by atoms with van der Waals surface area (Å²) in [7, 11) is 3.38. The summed E-state index contributed by atoms with van der Waals surface area (Å²) in [5.74, 6) is 0.972. The van der Waals surface area contributed by atoms with Crippen LogP contribution in [0.3, 0.4) is 0 Å². The molecule has 5 heteroatoms. The minimum absolute atomic E-state index is 0.323. The highest BCUT2D eigenvalue weighted by Gasteiger charge is 2.23. The van der Waals surface area contributed by atoms with Crippen molar-refractivity contribution in [1.29, 1.82) is 0 Å². The van der Waals surface area contributed by atoms with Gasteiger partial charge in [0.1, 0.15) is 18.5 Å². The summed E-state index contributed by atoms with van der Waals surface area (Å²) in [6.07, 6.45) is 1.07. The molecule has 3 rings (SSSR count). The van der Waals surface area contributed by atoms with Crippen LogP contribution >= 0.6 is 11.3 Å². The van der Waals surface area contributed by atoms with Crippen molar-refractivity contribution in [3.63, 3.8) is 0 Å². The third-order valence-electron chi connectivity index (χ3n) is 2.49. The van der Waals surface area contributed by atoms with Crippen molar-refractivity contribution in [2.24, 2.45) is 0 Å². The third-order valence-corrected chi connectivity index (χ3v) is 3.38. The maximum Gasteiger partial charge on any atom is 0.209 e. The van der Waals surface area contributed by atoms with E-state index < -0.39 is 0 Å². The first-order valence-corrected chi connectivity index (χ1v) is 6.91. The number of carbonyl (C=O) groups is 1. The molecule has 0 N–H and O–H groups in total.